The molecule has 1 heterocycles. The highest BCUT2D eigenvalue weighted by Gasteiger charge is 2.33. The van der Waals surface area contributed by atoms with Crippen LogP contribution in [0.15, 0.2) is 6.07 Å². The fourth-order valence-electron chi connectivity index (χ4n) is 1.15. The molecule has 0 atom stereocenters. The molecule has 1 aromatic rings. The Balaban J connectivity index is 3.30. The van der Waals surface area contributed by atoms with E-state index in [1.165, 1.54) is 0 Å². The number of aromatic nitrogens is 1. The predicted molar refractivity (Wildman–Crippen MR) is 46.6 cm³/mol. The largest absolute Gasteiger partial charge is 0.433 e. The lowest BCUT2D eigenvalue weighted by atomic mass is 10.1. The first-order chi connectivity index (χ1) is 6.36. The standard InChI is InChI=1S/C9H11F3N2/c1-5-3-8(9(10,11)12)14-7(4-13)6(5)2/h3H,4,13H2,1-2H3. The molecule has 1 aromatic heterocycles. The van der Waals surface area contributed by atoms with Gasteiger partial charge in [-0.1, -0.05) is 0 Å². The van der Waals surface area contributed by atoms with Crippen molar-refractivity contribution in [1.29, 1.82) is 0 Å². The molecule has 0 aliphatic heterocycles. The summed E-state index contributed by atoms with van der Waals surface area (Å²) in [7, 11) is 0. The number of pyridine rings is 1. The zero-order valence-electron chi connectivity index (χ0n) is 7.94. The number of halogens is 3. The van der Waals surface area contributed by atoms with Crippen LogP contribution in [0.5, 0.6) is 0 Å². The number of hydrogen-bond acceptors (Lipinski definition) is 2. The fraction of sp³-hybridized carbons (Fsp3) is 0.444. The molecular weight excluding hydrogens is 193 g/mol. The second-order valence-corrected chi connectivity index (χ2v) is 3.10. The molecule has 2 N–H and O–H groups in total. The van der Waals surface area contributed by atoms with Gasteiger partial charge in [-0.15, -0.1) is 0 Å². The summed E-state index contributed by atoms with van der Waals surface area (Å²) in [6.45, 7) is 3.35. The van der Waals surface area contributed by atoms with Crippen molar-refractivity contribution in [1.82, 2.24) is 4.98 Å². The van der Waals surface area contributed by atoms with Crippen LogP contribution in [0.3, 0.4) is 0 Å². The number of nitrogens with zero attached hydrogens (tertiary/aromatic N) is 1. The molecule has 0 saturated carbocycles. The zero-order valence-corrected chi connectivity index (χ0v) is 7.94. The molecule has 14 heavy (non-hydrogen) atoms. The lowest BCUT2D eigenvalue weighted by Gasteiger charge is -2.11. The van der Waals surface area contributed by atoms with E-state index >= 15 is 0 Å². The highest BCUT2D eigenvalue weighted by molar-refractivity contribution is 5.31. The Morgan fingerprint density at radius 1 is 1.36 bits per heavy atom. The molecule has 0 amide bonds. The summed E-state index contributed by atoms with van der Waals surface area (Å²) in [6.07, 6.45) is -4.40. The minimum absolute atomic E-state index is 0.0244. The molecule has 0 aliphatic rings. The van der Waals surface area contributed by atoms with Gasteiger partial charge in [-0.3, -0.25) is 0 Å². The molecule has 1 rings (SSSR count). The molecule has 2 nitrogen and oxygen atoms in total. The predicted octanol–water partition coefficient (Wildman–Crippen LogP) is 2.18. The van der Waals surface area contributed by atoms with Gasteiger partial charge in [0.05, 0.1) is 5.69 Å². The molecule has 0 fully saturated rings. The maximum absolute atomic E-state index is 12.3. The lowest BCUT2D eigenvalue weighted by molar-refractivity contribution is -0.141. The van der Waals surface area contributed by atoms with Gasteiger partial charge in [-0.25, -0.2) is 4.98 Å². The van der Waals surface area contributed by atoms with E-state index in [9.17, 15) is 13.2 Å². The maximum atomic E-state index is 12.3. The summed E-state index contributed by atoms with van der Waals surface area (Å²) in [4.78, 5) is 3.47. The molecule has 0 saturated heterocycles. The monoisotopic (exact) mass is 204 g/mol. The number of nitrogens with two attached hydrogens (primary N) is 1. The topological polar surface area (TPSA) is 38.9 Å². The van der Waals surface area contributed by atoms with Gasteiger partial charge in [0.15, 0.2) is 0 Å². The van der Waals surface area contributed by atoms with Gasteiger partial charge in [-0.05, 0) is 31.0 Å². The number of alkyl halides is 3. The first kappa shape index (κ1) is 11.0. The zero-order chi connectivity index (χ0) is 10.9. The molecule has 0 aliphatic carbocycles. The van der Waals surface area contributed by atoms with Crippen molar-refractivity contribution in [3.05, 3.63) is 28.6 Å². The van der Waals surface area contributed by atoms with Gasteiger partial charge < -0.3 is 5.73 Å². The van der Waals surface area contributed by atoms with Crippen LogP contribution >= 0.6 is 0 Å². The van der Waals surface area contributed by atoms with Crippen LogP contribution in [0.2, 0.25) is 0 Å². The summed E-state index contributed by atoms with van der Waals surface area (Å²) in [5.41, 5.74) is 6.02. The minimum atomic E-state index is -4.40. The second-order valence-electron chi connectivity index (χ2n) is 3.10. The van der Waals surface area contributed by atoms with Gasteiger partial charge in [0, 0.05) is 6.54 Å². The van der Waals surface area contributed by atoms with Crippen molar-refractivity contribution < 1.29 is 13.2 Å². The first-order valence-corrected chi connectivity index (χ1v) is 4.10. The summed E-state index contributed by atoms with van der Waals surface area (Å²) in [6, 6.07) is 1.04. The molecular formula is C9H11F3N2. The third-order valence-corrected chi connectivity index (χ3v) is 2.12. The molecule has 78 valence electrons. The molecule has 0 spiro atoms. The van der Waals surface area contributed by atoms with Crippen molar-refractivity contribution in [3.63, 3.8) is 0 Å². The van der Waals surface area contributed by atoms with Gasteiger partial charge in [-0.2, -0.15) is 13.2 Å². The van der Waals surface area contributed by atoms with Crippen LogP contribution in [0.1, 0.15) is 22.5 Å². The van der Waals surface area contributed by atoms with E-state index in [1.807, 2.05) is 0 Å². The van der Waals surface area contributed by atoms with E-state index in [-0.39, 0.29) is 6.54 Å². The first-order valence-electron chi connectivity index (χ1n) is 4.10. The number of rotatable bonds is 1. The Morgan fingerprint density at radius 3 is 2.36 bits per heavy atom. The normalized spacial score (nSPS) is 11.9. The smallest absolute Gasteiger partial charge is 0.325 e. The molecule has 0 bridgehead atoms. The Kier molecular flexibility index (Phi) is 2.80. The van der Waals surface area contributed by atoms with E-state index in [4.69, 9.17) is 5.73 Å². The van der Waals surface area contributed by atoms with Crippen molar-refractivity contribution in [2.75, 3.05) is 0 Å². The van der Waals surface area contributed by atoms with Crippen LogP contribution in [0.4, 0.5) is 13.2 Å². The number of hydrogen-bond donors (Lipinski definition) is 1. The Hall–Kier alpha value is -1.10. The third-order valence-electron chi connectivity index (χ3n) is 2.12. The fourth-order valence-corrected chi connectivity index (χ4v) is 1.15. The average Bonchev–Trinajstić information content (AvgIpc) is 2.07. The van der Waals surface area contributed by atoms with Gasteiger partial charge >= 0.3 is 6.18 Å². The van der Waals surface area contributed by atoms with Crippen molar-refractivity contribution in [2.24, 2.45) is 5.73 Å². The molecule has 5 heteroatoms. The summed E-state index contributed by atoms with van der Waals surface area (Å²) in [5.74, 6) is 0. The van der Waals surface area contributed by atoms with Crippen LogP contribution in [-0.2, 0) is 12.7 Å². The van der Waals surface area contributed by atoms with Crippen LogP contribution in [-0.4, -0.2) is 4.98 Å². The van der Waals surface area contributed by atoms with Crippen LogP contribution in [0.25, 0.3) is 0 Å². The van der Waals surface area contributed by atoms with Crippen molar-refractivity contribution >= 4 is 0 Å². The maximum Gasteiger partial charge on any atom is 0.433 e. The Bertz CT molecular complexity index is 345. The van der Waals surface area contributed by atoms with Crippen molar-refractivity contribution in [3.8, 4) is 0 Å². The van der Waals surface area contributed by atoms with Gasteiger partial charge in [0.1, 0.15) is 5.69 Å². The van der Waals surface area contributed by atoms with Crippen LogP contribution < -0.4 is 5.73 Å². The average molecular weight is 204 g/mol. The van der Waals surface area contributed by atoms with Gasteiger partial charge in [0.2, 0.25) is 0 Å². The Labute approximate surface area is 79.9 Å². The highest BCUT2D eigenvalue weighted by Crippen LogP contribution is 2.29. The summed E-state index contributed by atoms with van der Waals surface area (Å²) < 4.78 is 36.9. The minimum Gasteiger partial charge on any atom is -0.325 e. The van der Waals surface area contributed by atoms with E-state index in [0.29, 0.717) is 11.3 Å². The molecule has 0 unspecified atom stereocenters. The van der Waals surface area contributed by atoms with E-state index in [2.05, 4.69) is 4.98 Å². The highest BCUT2D eigenvalue weighted by atomic mass is 19.4. The van der Waals surface area contributed by atoms with E-state index in [1.54, 1.807) is 13.8 Å². The second kappa shape index (κ2) is 3.57. The van der Waals surface area contributed by atoms with Crippen LogP contribution in [0, 0.1) is 13.8 Å². The summed E-state index contributed by atoms with van der Waals surface area (Å²) >= 11 is 0. The third kappa shape index (κ3) is 2.04. The van der Waals surface area contributed by atoms with E-state index in [0.717, 1.165) is 11.6 Å². The SMILES string of the molecule is Cc1cc(C(F)(F)F)nc(CN)c1C. The quantitative estimate of drug-likeness (QED) is 0.761. The number of aryl methyl sites for hydroxylation is 1. The van der Waals surface area contributed by atoms with Gasteiger partial charge in [0.25, 0.3) is 0 Å². The Morgan fingerprint density at radius 2 is 1.93 bits per heavy atom. The lowest BCUT2D eigenvalue weighted by Crippen LogP contribution is -2.13. The van der Waals surface area contributed by atoms with E-state index < -0.39 is 11.9 Å². The molecule has 0 radical (unpaired) electrons. The molecule has 0 aromatic carbocycles. The van der Waals surface area contributed by atoms with Crippen molar-refractivity contribution in [2.45, 2.75) is 26.6 Å². The summed E-state index contributed by atoms with van der Waals surface area (Å²) in [5, 5.41) is 0.